The predicted octanol–water partition coefficient (Wildman–Crippen LogP) is 4.54. The van der Waals surface area contributed by atoms with E-state index in [1.807, 2.05) is 46.7 Å². The highest BCUT2D eigenvalue weighted by atomic mass is 32.2. The smallest absolute Gasteiger partial charge is 0.260 e. The second kappa shape index (κ2) is 10.9. The third kappa shape index (κ3) is 6.09. The molecule has 0 aliphatic carbocycles. The van der Waals surface area contributed by atoms with Gasteiger partial charge < -0.3 is 9.64 Å². The first-order valence-corrected chi connectivity index (χ1v) is 12.6. The van der Waals surface area contributed by atoms with Gasteiger partial charge in [-0.05, 0) is 42.4 Å². The van der Waals surface area contributed by atoms with Crippen LogP contribution in [0.5, 0.6) is 5.75 Å². The average molecular weight is 472 g/mol. The number of nitrogens with zero attached hydrogens (tertiary/aromatic N) is 3. The summed E-state index contributed by atoms with van der Waals surface area (Å²) in [5.41, 5.74) is 5.74. The van der Waals surface area contributed by atoms with Crippen molar-refractivity contribution >= 4 is 29.0 Å². The molecule has 0 atom stereocenters. The van der Waals surface area contributed by atoms with E-state index in [0.29, 0.717) is 18.8 Å². The second-order valence-corrected chi connectivity index (χ2v) is 9.71. The van der Waals surface area contributed by atoms with E-state index in [-0.39, 0.29) is 18.3 Å². The van der Waals surface area contributed by atoms with Gasteiger partial charge in [0.25, 0.3) is 5.91 Å². The zero-order valence-corrected chi connectivity index (χ0v) is 19.6. The molecule has 168 valence electrons. The van der Waals surface area contributed by atoms with Crippen LogP contribution in [0.1, 0.15) is 11.3 Å². The van der Waals surface area contributed by atoms with E-state index < -0.39 is 0 Å². The summed E-state index contributed by atoms with van der Waals surface area (Å²) in [6, 6.07) is 12.4. The van der Waals surface area contributed by atoms with Crippen molar-refractivity contribution in [2.24, 2.45) is 0 Å². The monoisotopic (exact) mass is 471 g/mol. The van der Waals surface area contributed by atoms with E-state index in [4.69, 9.17) is 4.74 Å². The van der Waals surface area contributed by atoms with Crippen LogP contribution in [-0.4, -0.2) is 58.9 Å². The number of benzene rings is 2. The molecule has 0 saturated carbocycles. The number of aromatic nitrogens is 1. The van der Waals surface area contributed by atoms with Gasteiger partial charge in [0.15, 0.2) is 6.61 Å². The summed E-state index contributed by atoms with van der Waals surface area (Å²) >= 11 is 3.45. The van der Waals surface area contributed by atoms with Crippen LogP contribution in [0, 0.1) is 5.82 Å². The van der Waals surface area contributed by atoms with Crippen LogP contribution in [0.4, 0.5) is 4.39 Å². The SMILES string of the molecule is CN(Cc1cscn1)Cc1cc(-c2ccc(F)cc2)ccc1OCC(=O)N1CCSCC1. The number of hydrogen-bond donors (Lipinski definition) is 0. The highest BCUT2D eigenvalue weighted by molar-refractivity contribution is 7.99. The maximum absolute atomic E-state index is 13.4. The van der Waals surface area contributed by atoms with E-state index in [1.54, 1.807) is 23.5 Å². The van der Waals surface area contributed by atoms with Crippen molar-refractivity contribution in [3.05, 3.63) is 70.4 Å². The van der Waals surface area contributed by atoms with Crippen molar-refractivity contribution in [3.8, 4) is 16.9 Å². The van der Waals surface area contributed by atoms with Crippen LogP contribution in [0.3, 0.4) is 0 Å². The molecule has 1 saturated heterocycles. The first-order chi connectivity index (χ1) is 15.6. The number of thioether (sulfide) groups is 1. The summed E-state index contributed by atoms with van der Waals surface area (Å²) < 4.78 is 19.4. The number of hydrogen-bond acceptors (Lipinski definition) is 6. The third-order valence-corrected chi connectivity index (χ3v) is 6.89. The molecular formula is C24H26FN3O2S2. The molecule has 8 heteroatoms. The van der Waals surface area contributed by atoms with Crippen molar-refractivity contribution < 1.29 is 13.9 Å². The highest BCUT2D eigenvalue weighted by Gasteiger charge is 2.18. The normalized spacial score (nSPS) is 14.0. The number of carbonyl (C=O) groups excluding carboxylic acids is 1. The molecule has 1 amide bonds. The van der Waals surface area contributed by atoms with E-state index in [1.165, 1.54) is 12.1 Å². The Hall–Kier alpha value is -2.42. The topological polar surface area (TPSA) is 45.7 Å². The van der Waals surface area contributed by atoms with E-state index in [0.717, 1.165) is 47.0 Å². The molecule has 2 aromatic carbocycles. The number of halogens is 1. The van der Waals surface area contributed by atoms with Crippen LogP contribution in [0.15, 0.2) is 53.4 Å². The molecule has 32 heavy (non-hydrogen) atoms. The number of amides is 1. The Morgan fingerprint density at radius 2 is 1.88 bits per heavy atom. The standard InChI is InChI=1S/C24H26FN3O2S2/c1-27(14-22-16-32-17-26-22)13-20-12-19(18-2-5-21(25)6-3-18)4-7-23(20)30-15-24(29)28-8-10-31-11-9-28/h2-7,12,16-17H,8-11,13-15H2,1H3. The number of carbonyl (C=O) groups is 1. The fourth-order valence-electron chi connectivity index (χ4n) is 3.65. The van der Waals surface area contributed by atoms with Crippen molar-refractivity contribution in [2.45, 2.75) is 13.1 Å². The first kappa shape index (κ1) is 22.8. The summed E-state index contributed by atoms with van der Waals surface area (Å²) in [5.74, 6) is 2.41. The molecule has 0 spiro atoms. The summed E-state index contributed by atoms with van der Waals surface area (Å²) in [5, 5.41) is 2.04. The van der Waals surface area contributed by atoms with Gasteiger partial charge in [0.1, 0.15) is 11.6 Å². The van der Waals surface area contributed by atoms with Crippen LogP contribution in [0.2, 0.25) is 0 Å². The Balaban J connectivity index is 1.51. The van der Waals surface area contributed by atoms with Gasteiger partial charge in [-0.15, -0.1) is 11.3 Å². The van der Waals surface area contributed by atoms with Crippen LogP contribution in [0.25, 0.3) is 11.1 Å². The van der Waals surface area contributed by atoms with Gasteiger partial charge in [0.2, 0.25) is 0 Å². The Morgan fingerprint density at radius 3 is 2.59 bits per heavy atom. The van der Waals surface area contributed by atoms with Crippen LogP contribution < -0.4 is 4.74 Å². The van der Waals surface area contributed by atoms with Crippen molar-refractivity contribution in [2.75, 3.05) is 38.2 Å². The number of rotatable bonds is 8. The summed E-state index contributed by atoms with van der Waals surface area (Å²) in [4.78, 5) is 21.0. The summed E-state index contributed by atoms with van der Waals surface area (Å²) in [6.07, 6.45) is 0. The lowest BCUT2D eigenvalue weighted by molar-refractivity contribution is -0.133. The molecule has 1 fully saturated rings. The minimum Gasteiger partial charge on any atom is -0.483 e. The van der Waals surface area contributed by atoms with Gasteiger partial charge in [-0.25, -0.2) is 9.37 Å². The van der Waals surface area contributed by atoms with Gasteiger partial charge in [-0.3, -0.25) is 9.69 Å². The lowest BCUT2D eigenvalue weighted by atomic mass is 10.0. The molecule has 0 N–H and O–H groups in total. The molecule has 1 aliphatic rings. The molecule has 0 radical (unpaired) electrons. The van der Waals surface area contributed by atoms with E-state index >= 15 is 0 Å². The molecule has 0 bridgehead atoms. The first-order valence-electron chi connectivity index (χ1n) is 10.5. The average Bonchev–Trinajstić information content (AvgIpc) is 3.32. The van der Waals surface area contributed by atoms with Crippen molar-refractivity contribution in [1.29, 1.82) is 0 Å². The zero-order valence-electron chi connectivity index (χ0n) is 18.0. The molecule has 5 nitrogen and oxygen atoms in total. The third-order valence-electron chi connectivity index (χ3n) is 5.31. The van der Waals surface area contributed by atoms with Crippen molar-refractivity contribution in [1.82, 2.24) is 14.8 Å². The highest BCUT2D eigenvalue weighted by Crippen LogP contribution is 2.28. The van der Waals surface area contributed by atoms with Gasteiger partial charge in [0.05, 0.1) is 11.2 Å². The minimum absolute atomic E-state index is 0.0229. The number of ether oxygens (including phenoxy) is 1. The molecule has 3 aromatic rings. The predicted molar refractivity (Wildman–Crippen MR) is 129 cm³/mol. The van der Waals surface area contributed by atoms with Crippen molar-refractivity contribution in [3.63, 3.8) is 0 Å². The van der Waals surface area contributed by atoms with Crippen LogP contribution >= 0.6 is 23.1 Å². The Labute approximate surface area is 196 Å². The molecule has 2 heterocycles. The maximum atomic E-state index is 13.4. The fourth-order valence-corrected chi connectivity index (χ4v) is 5.10. The lowest BCUT2D eigenvalue weighted by Crippen LogP contribution is -2.40. The Morgan fingerprint density at radius 1 is 1.12 bits per heavy atom. The molecule has 1 aromatic heterocycles. The minimum atomic E-state index is -0.258. The Kier molecular flexibility index (Phi) is 7.78. The molecule has 0 unspecified atom stereocenters. The number of thiazole rings is 1. The van der Waals surface area contributed by atoms with Gasteiger partial charge in [0, 0.05) is 48.6 Å². The lowest BCUT2D eigenvalue weighted by Gasteiger charge is -2.26. The fraction of sp³-hybridized carbons (Fsp3) is 0.333. The largest absolute Gasteiger partial charge is 0.483 e. The quantitative estimate of drug-likeness (QED) is 0.483. The van der Waals surface area contributed by atoms with E-state index in [9.17, 15) is 9.18 Å². The zero-order chi connectivity index (χ0) is 22.3. The summed E-state index contributed by atoms with van der Waals surface area (Å²) in [6.45, 7) is 2.94. The maximum Gasteiger partial charge on any atom is 0.260 e. The van der Waals surface area contributed by atoms with E-state index in [2.05, 4.69) is 16.0 Å². The van der Waals surface area contributed by atoms with Gasteiger partial charge >= 0.3 is 0 Å². The summed E-state index contributed by atoms with van der Waals surface area (Å²) in [7, 11) is 2.03. The molecule has 1 aliphatic heterocycles. The van der Waals surface area contributed by atoms with Gasteiger partial charge in [-0.1, -0.05) is 18.2 Å². The molecule has 4 rings (SSSR count). The second-order valence-electron chi connectivity index (χ2n) is 7.76. The molecular weight excluding hydrogens is 445 g/mol. The van der Waals surface area contributed by atoms with Gasteiger partial charge in [-0.2, -0.15) is 11.8 Å². The Bertz CT molecular complexity index is 1020. The van der Waals surface area contributed by atoms with Crippen LogP contribution in [-0.2, 0) is 17.9 Å².